The molecular formula is C19H26N2O2S. The lowest BCUT2D eigenvalue weighted by molar-refractivity contribution is 0.0342. The second kappa shape index (κ2) is 5.68. The summed E-state index contributed by atoms with van der Waals surface area (Å²) >= 11 is 0. The first kappa shape index (κ1) is 16.3. The van der Waals surface area contributed by atoms with Crippen molar-refractivity contribution in [1.82, 2.24) is 9.84 Å². The molecule has 4 nitrogen and oxygen atoms in total. The topological polar surface area (TPSA) is 49.4 Å². The second-order valence-electron chi connectivity index (χ2n) is 7.91. The lowest BCUT2D eigenvalue weighted by Crippen LogP contribution is -2.44. The molecule has 24 heavy (non-hydrogen) atoms. The van der Waals surface area contributed by atoms with E-state index in [1.807, 2.05) is 24.1 Å². The monoisotopic (exact) mass is 346 g/mol. The zero-order chi connectivity index (χ0) is 16.8. The van der Waals surface area contributed by atoms with Gasteiger partial charge in [0.15, 0.2) is 0 Å². The van der Waals surface area contributed by atoms with Crippen LogP contribution < -0.4 is 4.83 Å². The van der Waals surface area contributed by atoms with E-state index in [1.54, 1.807) is 12.1 Å². The lowest BCUT2D eigenvalue weighted by Gasteiger charge is -2.50. The maximum absolute atomic E-state index is 12.7. The van der Waals surface area contributed by atoms with Crippen LogP contribution in [0.25, 0.3) is 0 Å². The molecule has 0 unspecified atom stereocenters. The highest BCUT2D eigenvalue weighted by molar-refractivity contribution is 7.89. The lowest BCUT2D eigenvalue weighted by atomic mass is 9.53. The maximum atomic E-state index is 12.7. The number of nitrogens with zero attached hydrogens (tertiary/aromatic N) is 1. The fourth-order valence-electron chi connectivity index (χ4n) is 5.13. The molecule has 130 valence electrons. The minimum Gasteiger partial charge on any atom is -0.229 e. The molecule has 1 heterocycles. The Hall–Kier alpha value is -1.17. The molecule has 1 aromatic carbocycles. The van der Waals surface area contributed by atoms with Crippen molar-refractivity contribution < 1.29 is 8.42 Å². The average molecular weight is 346 g/mol. The van der Waals surface area contributed by atoms with Crippen molar-refractivity contribution in [2.24, 2.45) is 10.8 Å². The molecule has 0 bridgehead atoms. The fourth-order valence-corrected chi connectivity index (χ4v) is 6.19. The number of rotatable bonds is 3. The third-order valence-corrected chi connectivity index (χ3v) is 7.83. The number of aryl methyl sites for hydroxylation is 1. The molecule has 4 rings (SSSR count). The summed E-state index contributed by atoms with van der Waals surface area (Å²) < 4.78 is 25.5. The van der Waals surface area contributed by atoms with Gasteiger partial charge in [-0.2, -0.15) is 0 Å². The van der Waals surface area contributed by atoms with Crippen molar-refractivity contribution >= 4 is 10.0 Å². The van der Waals surface area contributed by atoms with Gasteiger partial charge in [0, 0.05) is 13.1 Å². The molecule has 1 saturated carbocycles. The number of hydrazine groups is 1. The van der Waals surface area contributed by atoms with E-state index in [1.165, 1.54) is 25.7 Å². The number of hydrogen-bond donors (Lipinski definition) is 1. The standard InChI is InChI=1S/C19H26N2O2S/c1-16-6-8-17(9-7-16)24(22,23)20-21-14-18-10-2-3-11-19(18,15-21)13-5-4-12-18/h2-3,6-9,20H,4-5,10-15H2,1H3/t18-,19-/m0/s1. The molecule has 2 atom stereocenters. The van der Waals surface area contributed by atoms with Gasteiger partial charge in [-0.1, -0.05) is 42.7 Å². The van der Waals surface area contributed by atoms with Gasteiger partial charge in [-0.3, -0.25) is 0 Å². The first-order valence-corrected chi connectivity index (χ1v) is 10.4. The van der Waals surface area contributed by atoms with Gasteiger partial charge in [-0.25, -0.2) is 13.4 Å². The molecule has 0 aromatic heterocycles. The van der Waals surface area contributed by atoms with E-state index in [-0.39, 0.29) is 10.8 Å². The van der Waals surface area contributed by atoms with Crippen LogP contribution in [0.4, 0.5) is 0 Å². The van der Waals surface area contributed by atoms with E-state index >= 15 is 0 Å². The minimum absolute atomic E-state index is 0.260. The second-order valence-corrected chi connectivity index (χ2v) is 9.57. The third-order valence-electron chi connectivity index (χ3n) is 6.44. The van der Waals surface area contributed by atoms with E-state index in [9.17, 15) is 8.42 Å². The van der Waals surface area contributed by atoms with E-state index in [2.05, 4.69) is 17.0 Å². The first-order chi connectivity index (χ1) is 11.4. The highest BCUT2D eigenvalue weighted by Gasteiger charge is 2.58. The molecule has 0 spiro atoms. The molecule has 2 fully saturated rings. The number of allylic oxidation sites excluding steroid dienone is 2. The zero-order valence-corrected chi connectivity index (χ0v) is 15.1. The Bertz CT molecular complexity index is 730. The average Bonchev–Trinajstić information content (AvgIpc) is 2.88. The van der Waals surface area contributed by atoms with Crippen LogP contribution in [0.2, 0.25) is 0 Å². The largest absolute Gasteiger partial charge is 0.253 e. The highest BCUT2D eigenvalue weighted by Crippen LogP contribution is 2.61. The molecule has 1 aliphatic heterocycles. The Morgan fingerprint density at radius 2 is 1.50 bits per heavy atom. The Kier molecular flexibility index (Phi) is 3.86. The summed E-state index contributed by atoms with van der Waals surface area (Å²) in [7, 11) is -3.50. The Morgan fingerprint density at radius 3 is 2.04 bits per heavy atom. The first-order valence-electron chi connectivity index (χ1n) is 8.94. The van der Waals surface area contributed by atoms with Crippen molar-refractivity contribution in [2.45, 2.75) is 50.3 Å². The van der Waals surface area contributed by atoms with E-state index in [0.29, 0.717) is 4.90 Å². The SMILES string of the molecule is Cc1ccc(S(=O)(=O)NN2C[C@@]34CC=CC[C@]3(CCCC4)C2)cc1. The van der Waals surface area contributed by atoms with Crippen LogP contribution in [0.5, 0.6) is 0 Å². The summed E-state index contributed by atoms with van der Waals surface area (Å²) in [4.78, 5) is 3.22. The van der Waals surface area contributed by atoms with Gasteiger partial charge in [0.25, 0.3) is 10.0 Å². The molecular weight excluding hydrogens is 320 g/mol. The van der Waals surface area contributed by atoms with Gasteiger partial charge in [0.1, 0.15) is 0 Å². The minimum atomic E-state index is -3.50. The summed E-state index contributed by atoms with van der Waals surface area (Å²) in [5.41, 5.74) is 1.59. The Morgan fingerprint density at radius 1 is 0.958 bits per heavy atom. The summed E-state index contributed by atoms with van der Waals surface area (Å²) in [5.74, 6) is 0. The molecule has 1 saturated heterocycles. The number of hydrogen-bond acceptors (Lipinski definition) is 3. The van der Waals surface area contributed by atoms with Gasteiger partial charge >= 0.3 is 0 Å². The molecule has 1 N–H and O–H groups in total. The molecule has 0 radical (unpaired) electrons. The van der Waals surface area contributed by atoms with Gasteiger partial charge in [0.05, 0.1) is 4.90 Å². The van der Waals surface area contributed by atoms with E-state index in [0.717, 1.165) is 31.5 Å². The predicted molar refractivity (Wildman–Crippen MR) is 94.8 cm³/mol. The van der Waals surface area contributed by atoms with Crippen LogP contribution in [0.1, 0.15) is 44.1 Å². The molecule has 5 heteroatoms. The fraction of sp³-hybridized carbons (Fsp3) is 0.579. The quantitative estimate of drug-likeness (QED) is 0.854. The highest BCUT2D eigenvalue weighted by atomic mass is 32.2. The predicted octanol–water partition coefficient (Wildman–Crippen LogP) is 3.40. The molecule has 2 aliphatic carbocycles. The van der Waals surface area contributed by atoms with Crippen molar-refractivity contribution in [3.8, 4) is 0 Å². The van der Waals surface area contributed by atoms with Gasteiger partial charge in [0.2, 0.25) is 0 Å². The molecule has 1 aromatic rings. The third kappa shape index (κ3) is 2.54. The van der Waals surface area contributed by atoms with Crippen LogP contribution in [0.15, 0.2) is 41.3 Å². The summed E-state index contributed by atoms with van der Waals surface area (Å²) in [6, 6.07) is 7.07. The smallest absolute Gasteiger partial charge is 0.229 e. The van der Waals surface area contributed by atoms with Crippen LogP contribution in [-0.4, -0.2) is 26.5 Å². The van der Waals surface area contributed by atoms with Crippen LogP contribution in [0.3, 0.4) is 0 Å². The molecule has 3 aliphatic rings. The summed E-state index contributed by atoms with van der Waals surface area (Å²) in [6.45, 7) is 3.63. The van der Waals surface area contributed by atoms with Crippen LogP contribution in [0, 0.1) is 17.8 Å². The van der Waals surface area contributed by atoms with E-state index in [4.69, 9.17) is 0 Å². The number of sulfonamides is 1. The summed E-state index contributed by atoms with van der Waals surface area (Å²) in [5, 5.41) is 1.98. The normalized spacial score (nSPS) is 33.2. The van der Waals surface area contributed by atoms with Crippen molar-refractivity contribution in [3.05, 3.63) is 42.0 Å². The number of benzene rings is 1. The van der Waals surface area contributed by atoms with Gasteiger partial charge < -0.3 is 0 Å². The van der Waals surface area contributed by atoms with Crippen molar-refractivity contribution in [3.63, 3.8) is 0 Å². The Labute approximate surface area is 145 Å². The van der Waals surface area contributed by atoms with Gasteiger partial charge in [-0.15, -0.1) is 4.83 Å². The van der Waals surface area contributed by atoms with E-state index < -0.39 is 10.0 Å². The summed E-state index contributed by atoms with van der Waals surface area (Å²) in [6.07, 6.45) is 11.8. The molecule has 0 amide bonds. The van der Waals surface area contributed by atoms with Crippen molar-refractivity contribution in [1.29, 1.82) is 0 Å². The number of nitrogens with one attached hydrogen (secondary N) is 1. The maximum Gasteiger partial charge on any atom is 0.253 e. The van der Waals surface area contributed by atoms with Crippen LogP contribution in [-0.2, 0) is 10.0 Å². The Balaban J connectivity index is 1.57. The van der Waals surface area contributed by atoms with Crippen molar-refractivity contribution in [2.75, 3.05) is 13.1 Å². The van der Waals surface area contributed by atoms with Crippen LogP contribution >= 0.6 is 0 Å². The van der Waals surface area contributed by atoms with Gasteiger partial charge in [-0.05, 0) is 55.6 Å². The zero-order valence-electron chi connectivity index (χ0n) is 14.3.